The maximum atomic E-state index is 13.4. The van der Waals surface area contributed by atoms with E-state index in [1.165, 1.54) is 11.3 Å². The minimum Gasteiger partial charge on any atom is -0.320 e. The Hall–Kier alpha value is -1.96. The predicted molar refractivity (Wildman–Crippen MR) is 85.8 cm³/mol. The zero-order chi connectivity index (χ0) is 18.4. The van der Waals surface area contributed by atoms with Gasteiger partial charge in [0, 0.05) is 17.1 Å². The Bertz CT molecular complexity index is 891. The average Bonchev–Trinajstić information content (AvgIpc) is 3.29. The van der Waals surface area contributed by atoms with Crippen LogP contribution in [-0.2, 0) is 12.7 Å². The zero-order valence-electron chi connectivity index (χ0n) is 13.7. The Kier molecular flexibility index (Phi) is 4.57. The van der Waals surface area contributed by atoms with Crippen molar-refractivity contribution >= 4 is 17.2 Å². The van der Waals surface area contributed by atoms with Crippen LogP contribution in [0.2, 0.25) is 0 Å². The molecule has 0 radical (unpaired) electrons. The second kappa shape index (κ2) is 6.40. The molecule has 0 saturated heterocycles. The predicted octanol–water partition coefficient (Wildman–Crippen LogP) is 4.48. The second-order valence-electron chi connectivity index (χ2n) is 6.18. The number of benzene rings is 1. The molecule has 25 heavy (non-hydrogen) atoms. The number of thiazole rings is 1. The number of rotatable bonds is 3. The van der Waals surface area contributed by atoms with Crippen molar-refractivity contribution in [2.24, 2.45) is 10.9 Å². The first-order chi connectivity index (χ1) is 11.7. The molecule has 0 unspecified atom stereocenters. The van der Waals surface area contributed by atoms with Gasteiger partial charge in [-0.3, -0.25) is 4.79 Å². The van der Waals surface area contributed by atoms with E-state index >= 15 is 0 Å². The van der Waals surface area contributed by atoms with Crippen LogP contribution in [-0.4, -0.2) is 10.5 Å². The third-order valence-corrected chi connectivity index (χ3v) is 5.34. The highest BCUT2D eigenvalue weighted by Gasteiger charge is 2.35. The molecule has 1 aromatic carbocycles. The summed E-state index contributed by atoms with van der Waals surface area (Å²) in [6.07, 6.45) is -2.56. The summed E-state index contributed by atoms with van der Waals surface area (Å²) in [4.78, 5) is 17.5. The first kappa shape index (κ1) is 17.8. The standard InChI is InChI=1S/C17H16F4N2OS/c1-9-10(2)25-16(23(9)8-11-3-4-11)22-15(24)13-7-12(18)5-6-14(13)17(19,20)21/h5-7,11H,3-4,8H2,1-2H3. The van der Waals surface area contributed by atoms with Crippen molar-refractivity contribution in [3.05, 3.63) is 50.5 Å². The van der Waals surface area contributed by atoms with Crippen LogP contribution in [0.5, 0.6) is 0 Å². The lowest BCUT2D eigenvalue weighted by atomic mass is 10.1. The molecule has 134 valence electrons. The number of aromatic nitrogens is 1. The molecule has 1 aliphatic rings. The maximum Gasteiger partial charge on any atom is 0.417 e. The smallest absolute Gasteiger partial charge is 0.320 e. The van der Waals surface area contributed by atoms with Crippen molar-refractivity contribution in [2.45, 2.75) is 39.4 Å². The summed E-state index contributed by atoms with van der Waals surface area (Å²) in [6, 6.07) is 1.85. The number of nitrogens with zero attached hydrogens (tertiary/aromatic N) is 2. The van der Waals surface area contributed by atoms with E-state index in [1.807, 2.05) is 18.4 Å². The van der Waals surface area contributed by atoms with Gasteiger partial charge in [-0.05, 0) is 50.8 Å². The van der Waals surface area contributed by atoms with Gasteiger partial charge in [0.15, 0.2) is 4.80 Å². The molecule has 3 rings (SSSR count). The monoisotopic (exact) mass is 372 g/mol. The summed E-state index contributed by atoms with van der Waals surface area (Å²) in [5.41, 5.74) is -1.01. The van der Waals surface area contributed by atoms with Gasteiger partial charge in [-0.15, -0.1) is 11.3 Å². The van der Waals surface area contributed by atoms with Gasteiger partial charge >= 0.3 is 6.18 Å². The maximum absolute atomic E-state index is 13.4. The first-order valence-corrected chi connectivity index (χ1v) is 8.61. The van der Waals surface area contributed by atoms with Crippen molar-refractivity contribution in [1.29, 1.82) is 0 Å². The molecule has 0 atom stereocenters. The highest BCUT2D eigenvalue weighted by atomic mass is 32.1. The highest BCUT2D eigenvalue weighted by Crippen LogP contribution is 2.33. The van der Waals surface area contributed by atoms with Crippen LogP contribution in [0.25, 0.3) is 0 Å². The minimum absolute atomic E-state index is 0.351. The Balaban J connectivity index is 2.07. The van der Waals surface area contributed by atoms with E-state index in [9.17, 15) is 22.4 Å². The van der Waals surface area contributed by atoms with Crippen molar-refractivity contribution < 1.29 is 22.4 Å². The second-order valence-corrected chi connectivity index (χ2v) is 7.37. The Morgan fingerprint density at radius 2 is 2.00 bits per heavy atom. The molecule has 1 saturated carbocycles. The zero-order valence-corrected chi connectivity index (χ0v) is 14.5. The number of amides is 1. The molecule has 8 heteroatoms. The van der Waals surface area contributed by atoms with Crippen LogP contribution in [0.15, 0.2) is 23.2 Å². The van der Waals surface area contributed by atoms with E-state index in [2.05, 4.69) is 4.99 Å². The van der Waals surface area contributed by atoms with Gasteiger partial charge in [-0.25, -0.2) is 4.39 Å². The van der Waals surface area contributed by atoms with Gasteiger partial charge in [-0.1, -0.05) is 0 Å². The molecule has 1 amide bonds. The fourth-order valence-electron chi connectivity index (χ4n) is 2.54. The normalized spacial score (nSPS) is 15.7. The molecule has 3 nitrogen and oxygen atoms in total. The number of alkyl halides is 3. The van der Waals surface area contributed by atoms with Crippen LogP contribution in [0, 0.1) is 25.6 Å². The number of carbonyl (C=O) groups is 1. The quantitative estimate of drug-likeness (QED) is 0.732. The number of halogens is 4. The van der Waals surface area contributed by atoms with Gasteiger partial charge in [0.1, 0.15) is 5.82 Å². The van der Waals surface area contributed by atoms with Crippen LogP contribution in [0.3, 0.4) is 0 Å². The number of aryl methyl sites for hydroxylation is 1. The fraction of sp³-hybridized carbons (Fsp3) is 0.412. The Morgan fingerprint density at radius 3 is 2.60 bits per heavy atom. The minimum atomic E-state index is -4.75. The van der Waals surface area contributed by atoms with E-state index in [4.69, 9.17) is 0 Å². The van der Waals surface area contributed by atoms with E-state index in [0.29, 0.717) is 35.5 Å². The van der Waals surface area contributed by atoms with Gasteiger partial charge < -0.3 is 4.57 Å². The first-order valence-electron chi connectivity index (χ1n) is 7.79. The molecule has 1 aromatic heterocycles. The van der Waals surface area contributed by atoms with E-state index in [0.717, 1.165) is 23.4 Å². The highest BCUT2D eigenvalue weighted by molar-refractivity contribution is 7.09. The van der Waals surface area contributed by atoms with Crippen molar-refractivity contribution in [3.63, 3.8) is 0 Å². The van der Waals surface area contributed by atoms with Crippen LogP contribution >= 0.6 is 11.3 Å². The van der Waals surface area contributed by atoms with Crippen molar-refractivity contribution in [1.82, 2.24) is 4.57 Å². The van der Waals surface area contributed by atoms with Gasteiger partial charge in [0.25, 0.3) is 5.91 Å². The molecule has 1 heterocycles. The van der Waals surface area contributed by atoms with Crippen LogP contribution < -0.4 is 4.80 Å². The molecular weight excluding hydrogens is 356 g/mol. The summed E-state index contributed by atoms with van der Waals surface area (Å²) in [7, 11) is 0. The number of hydrogen-bond acceptors (Lipinski definition) is 2. The van der Waals surface area contributed by atoms with Crippen LogP contribution in [0.4, 0.5) is 17.6 Å². The topological polar surface area (TPSA) is 34.4 Å². The lowest BCUT2D eigenvalue weighted by Gasteiger charge is -2.10. The van der Waals surface area contributed by atoms with Gasteiger partial charge in [0.2, 0.25) is 0 Å². The van der Waals surface area contributed by atoms with Gasteiger partial charge in [-0.2, -0.15) is 18.2 Å². The lowest BCUT2D eigenvalue weighted by Crippen LogP contribution is -2.20. The summed E-state index contributed by atoms with van der Waals surface area (Å²) in [5, 5.41) is 0. The summed E-state index contributed by atoms with van der Waals surface area (Å²) in [6.45, 7) is 4.45. The molecule has 0 aliphatic heterocycles. The lowest BCUT2D eigenvalue weighted by molar-refractivity contribution is -0.137. The number of carbonyl (C=O) groups excluding carboxylic acids is 1. The average molecular weight is 372 g/mol. The van der Waals surface area contributed by atoms with E-state index in [-0.39, 0.29) is 0 Å². The summed E-state index contributed by atoms with van der Waals surface area (Å²) in [5.74, 6) is -1.48. The molecule has 0 bridgehead atoms. The molecule has 1 fully saturated rings. The molecular formula is C17H16F4N2OS. The SMILES string of the molecule is Cc1sc(=NC(=O)c2cc(F)ccc2C(F)(F)F)n(CC2CC2)c1C. The molecule has 0 N–H and O–H groups in total. The third-order valence-electron chi connectivity index (χ3n) is 4.24. The van der Waals surface area contributed by atoms with Crippen LogP contribution in [0.1, 0.15) is 39.3 Å². The molecule has 1 aliphatic carbocycles. The molecule has 0 spiro atoms. The van der Waals surface area contributed by atoms with Crippen molar-refractivity contribution in [3.8, 4) is 0 Å². The Morgan fingerprint density at radius 1 is 1.32 bits per heavy atom. The summed E-state index contributed by atoms with van der Waals surface area (Å²) >= 11 is 1.25. The van der Waals surface area contributed by atoms with Gasteiger partial charge in [0.05, 0.1) is 11.1 Å². The Labute approximate surface area is 145 Å². The molecule has 2 aromatic rings. The van der Waals surface area contributed by atoms with Crippen molar-refractivity contribution in [2.75, 3.05) is 0 Å². The summed E-state index contributed by atoms with van der Waals surface area (Å²) < 4.78 is 54.5. The van der Waals surface area contributed by atoms with E-state index in [1.54, 1.807) is 0 Å². The van der Waals surface area contributed by atoms with E-state index < -0.39 is 29.0 Å². The largest absolute Gasteiger partial charge is 0.417 e. The fourth-order valence-corrected chi connectivity index (χ4v) is 3.53. The number of hydrogen-bond donors (Lipinski definition) is 0. The third kappa shape index (κ3) is 3.84.